The van der Waals surface area contributed by atoms with Crippen molar-refractivity contribution < 1.29 is 19.4 Å². The quantitative estimate of drug-likeness (QED) is 0.510. The fraction of sp³-hybridized carbons (Fsp3) is 0.481. The van der Waals surface area contributed by atoms with E-state index in [9.17, 15) is 14.7 Å². The third kappa shape index (κ3) is 5.20. The Morgan fingerprint density at radius 2 is 2.09 bits per heavy atom. The summed E-state index contributed by atoms with van der Waals surface area (Å²) in [5, 5.41) is 16.3. The summed E-state index contributed by atoms with van der Waals surface area (Å²) < 4.78 is 5.82. The predicted octanol–water partition coefficient (Wildman–Crippen LogP) is 3.44. The van der Waals surface area contributed by atoms with E-state index in [0.717, 1.165) is 42.6 Å². The van der Waals surface area contributed by atoms with Gasteiger partial charge >= 0.3 is 0 Å². The molecule has 8 heteroatoms. The molecule has 4 atom stereocenters. The molecule has 2 amide bonds. The number of hydrogen-bond acceptors (Lipinski definition) is 6. The van der Waals surface area contributed by atoms with Gasteiger partial charge in [-0.15, -0.1) is 11.8 Å². The Morgan fingerprint density at radius 1 is 1.23 bits per heavy atom. The Balaban J connectivity index is 1.14. The molecule has 2 aromatic carbocycles. The van der Waals surface area contributed by atoms with E-state index in [1.807, 2.05) is 29.2 Å². The van der Waals surface area contributed by atoms with E-state index < -0.39 is 6.10 Å². The lowest BCUT2D eigenvalue weighted by molar-refractivity contribution is -0.133. The van der Waals surface area contributed by atoms with E-state index in [4.69, 9.17) is 4.74 Å². The van der Waals surface area contributed by atoms with Crippen molar-refractivity contribution in [2.45, 2.75) is 61.3 Å². The van der Waals surface area contributed by atoms with Crippen molar-refractivity contribution in [3.63, 3.8) is 0 Å². The first kappa shape index (κ1) is 24.2. The lowest BCUT2D eigenvalue weighted by Crippen LogP contribution is -2.45. The van der Waals surface area contributed by atoms with Crippen molar-refractivity contribution in [1.82, 2.24) is 10.2 Å². The highest BCUT2D eigenvalue weighted by molar-refractivity contribution is 7.98. The highest BCUT2D eigenvalue weighted by Gasteiger charge is 2.36. The molecule has 186 valence electrons. The standard InChI is InChI=1S/C27H33N3O4S/c1-35-25-7-3-2-5-18(25)22-6-4-12-30(22)27(33)15-28-26(32)11-9-17-8-10-20-19(13-17)24-14-21(29-20)23(31)16-34-24/h2-3,5,7-8,10,13,21-24,29,31H,4,6,9,11-12,14-16H2,1H3,(H,28,32)/t21-,22+,23+,24+/m0/s1. The number of ether oxygens (including phenoxy) is 1. The van der Waals surface area contributed by atoms with Gasteiger partial charge in [-0.2, -0.15) is 0 Å². The molecule has 0 spiro atoms. The van der Waals surface area contributed by atoms with Crippen LogP contribution >= 0.6 is 11.8 Å². The maximum absolute atomic E-state index is 13.0. The Labute approximate surface area is 210 Å². The Kier molecular flexibility index (Phi) is 7.32. The zero-order valence-electron chi connectivity index (χ0n) is 20.0. The number of amides is 2. The zero-order valence-corrected chi connectivity index (χ0v) is 20.9. The van der Waals surface area contributed by atoms with Crippen LogP contribution in [0.3, 0.4) is 0 Å². The molecule has 0 saturated carbocycles. The second-order valence-electron chi connectivity index (χ2n) is 9.56. The van der Waals surface area contributed by atoms with Crippen LogP contribution in [-0.4, -0.2) is 59.9 Å². The fourth-order valence-corrected chi connectivity index (χ4v) is 6.13. The molecule has 0 radical (unpaired) electrons. The topological polar surface area (TPSA) is 90.9 Å². The molecule has 35 heavy (non-hydrogen) atoms. The number of aliphatic hydroxyl groups is 1. The number of benzene rings is 2. The Bertz CT molecular complexity index is 1090. The van der Waals surface area contributed by atoms with Crippen molar-refractivity contribution in [3.8, 4) is 0 Å². The summed E-state index contributed by atoms with van der Waals surface area (Å²) in [4.78, 5) is 28.6. The van der Waals surface area contributed by atoms with Gasteiger partial charge in [0.1, 0.15) is 0 Å². The van der Waals surface area contributed by atoms with Gasteiger partial charge in [-0.3, -0.25) is 9.59 Å². The molecule has 3 aliphatic rings. The molecule has 0 unspecified atom stereocenters. The van der Waals surface area contributed by atoms with E-state index in [2.05, 4.69) is 35.1 Å². The van der Waals surface area contributed by atoms with Gasteiger partial charge < -0.3 is 25.4 Å². The van der Waals surface area contributed by atoms with Gasteiger partial charge in [-0.05, 0) is 48.8 Å². The number of nitrogens with one attached hydrogen (secondary N) is 2. The van der Waals surface area contributed by atoms with Gasteiger partial charge in [0.05, 0.1) is 37.4 Å². The van der Waals surface area contributed by atoms with Gasteiger partial charge in [0.15, 0.2) is 0 Å². The van der Waals surface area contributed by atoms with Gasteiger partial charge in [0.2, 0.25) is 11.8 Å². The van der Waals surface area contributed by atoms with E-state index in [1.54, 1.807) is 11.8 Å². The Morgan fingerprint density at radius 3 is 2.94 bits per heavy atom. The summed E-state index contributed by atoms with van der Waals surface area (Å²) >= 11 is 1.70. The maximum Gasteiger partial charge on any atom is 0.242 e. The SMILES string of the molecule is CSc1ccccc1[C@H]1CCCN1C(=O)CNC(=O)CCc1ccc2c(c1)[C@H]1C[C@H](N2)[C@H](O)CO1. The smallest absolute Gasteiger partial charge is 0.242 e. The van der Waals surface area contributed by atoms with Crippen molar-refractivity contribution in [1.29, 1.82) is 0 Å². The molecule has 5 rings (SSSR count). The largest absolute Gasteiger partial charge is 0.389 e. The van der Waals surface area contributed by atoms with Crippen LogP contribution in [0.5, 0.6) is 0 Å². The average Bonchev–Trinajstić information content (AvgIpc) is 3.38. The molecule has 0 aromatic heterocycles. The molecule has 7 nitrogen and oxygen atoms in total. The first-order valence-electron chi connectivity index (χ1n) is 12.4. The van der Waals surface area contributed by atoms with Crippen molar-refractivity contribution in [3.05, 3.63) is 59.2 Å². The summed E-state index contributed by atoms with van der Waals surface area (Å²) in [5.41, 5.74) is 4.34. The van der Waals surface area contributed by atoms with Crippen molar-refractivity contribution in [2.24, 2.45) is 0 Å². The molecule has 0 aliphatic carbocycles. The van der Waals surface area contributed by atoms with Crippen molar-refractivity contribution in [2.75, 3.05) is 31.3 Å². The summed E-state index contributed by atoms with van der Waals surface area (Å²) in [6.45, 7) is 1.10. The Hall–Kier alpha value is -2.55. The molecule has 3 N–H and O–H groups in total. The predicted molar refractivity (Wildman–Crippen MR) is 136 cm³/mol. The number of hydrogen-bond donors (Lipinski definition) is 3. The number of nitrogens with zero attached hydrogens (tertiary/aromatic N) is 1. The van der Waals surface area contributed by atoms with Crippen LogP contribution in [0.2, 0.25) is 0 Å². The van der Waals surface area contributed by atoms with Gasteiger partial charge in [-0.25, -0.2) is 0 Å². The molecular weight excluding hydrogens is 462 g/mol. The summed E-state index contributed by atoms with van der Waals surface area (Å²) in [7, 11) is 0. The molecule has 3 aliphatic heterocycles. The van der Waals surface area contributed by atoms with Crippen molar-refractivity contribution >= 4 is 29.3 Å². The summed E-state index contributed by atoms with van der Waals surface area (Å²) in [6, 6.07) is 14.5. The van der Waals surface area contributed by atoms with Crippen LogP contribution in [0, 0.1) is 0 Å². The molecule has 3 heterocycles. The first-order valence-corrected chi connectivity index (χ1v) is 13.6. The molecule has 2 bridgehead atoms. The first-order chi connectivity index (χ1) is 17.0. The molecule has 2 fully saturated rings. The average molecular weight is 496 g/mol. The molecular formula is C27H33N3O4S. The number of fused-ring (bicyclic) bond motifs is 4. The minimum absolute atomic E-state index is 0.0179. The number of carbonyl (C=O) groups excluding carboxylic acids is 2. The van der Waals surface area contributed by atoms with Crippen LogP contribution in [0.1, 0.15) is 54.5 Å². The van der Waals surface area contributed by atoms with E-state index in [-0.39, 0.29) is 36.5 Å². The monoisotopic (exact) mass is 495 g/mol. The summed E-state index contributed by atoms with van der Waals surface area (Å²) in [6.07, 6.45) is 5.16. The van der Waals surface area contributed by atoms with Gasteiger partial charge in [0, 0.05) is 35.5 Å². The zero-order chi connectivity index (χ0) is 24.4. The molecule has 2 saturated heterocycles. The van der Waals surface area contributed by atoms with Crippen LogP contribution in [0.15, 0.2) is 47.4 Å². The molecule has 2 aromatic rings. The van der Waals surface area contributed by atoms with Crippen LogP contribution in [-0.2, 0) is 20.7 Å². The summed E-state index contributed by atoms with van der Waals surface area (Å²) in [5.74, 6) is -0.144. The minimum atomic E-state index is -0.485. The highest BCUT2D eigenvalue weighted by Crippen LogP contribution is 2.40. The second kappa shape index (κ2) is 10.6. The van der Waals surface area contributed by atoms with E-state index in [1.165, 1.54) is 10.5 Å². The second-order valence-corrected chi connectivity index (χ2v) is 10.4. The van der Waals surface area contributed by atoms with Gasteiger partial charge in [-0.1, -0.05) is 30.3 Å². The highest BCUT2D eigenvalue weighted by atomic mass is 32.2. The third-order valence-corrected chi connectivity index (χ3v) is 8.16. The van der Waals surface area contributed by atoms with Crippen LogP contribution in [0.25, 0.3) is 0 Å². The number of carbonyl (C=O) groups is 2. The normalized spacial score (nSPS) is 25.0. The van der Waals surface area contributed by atoms with E-state index in [0.29, 0.717) is 19.4 Å². The number of aliphatic hydroxyl groups excluding tert-OH is 1. The number of anilines is 1. The lowest BCUT2D eigenvalue weighted by Gasteiger charge is -2.40. The van der Waals surface area contributed by atoms with Crippen LogP contribution < -0.4 is 10.6 Å². The van der Waals surface area contributed by atoms with Gasteiger partial charge in [0.25, 0.3) is 0 Å². The number of likely N-dealkylation sites (tertiary alicyclic amines) is 1. The maximum atomic E-state index is 13.0. The minimum Gasteiger partial charge on any atom is -0.389 e. The third-order valence-electron chi connectivity index (χ3n) is 7.35. The van der Waals surface area contributed by atoms with Crippen LogP contribution in [0.4, 0.5) is 5.69 Å². The number of thioether (sulfide) groups is 1. The fourth-order valence-electron chi connectivity index (χ4n) is 5.48. The van der Waals surface area contributed by atoms with E-state index >= 15 is 0 Å². The lowest BCUT2D eigenvalue weighted by atomic mass is 9.88. The number of rotatable bonds is 7. The number of aryl methyl sites for hydroxylation is 1.